The van der Waals surface area contributed by atoms with Crippen molar-refractivity contribution in [3.05, 3.63) is 47.0 Å². The summed E-state index contributed by atoms with van der Waals surface area (Å²) in [5, 5.41) is 0. The van der Waals surface area contributed by atoms with Gasteiger partial charge in [-0.25, -0.2) is 13.1 Å². The molecule has 31 heavy (non-hydrogen) atoms. The largest absolute Gasteiger partial charge is 0.495 e. The molecule has 1 aliphatic carbocycles. The van der Waals surface area contributed by atoms with E-state index in [0.29, 0.717) is 36.6 Å². The molecular weight excluding hydrogens is 420 g/mol. The molecule has 0 spiro atoms. The summed E-state index contributed by atoms with van der Waals surface area (Å²) in [5.74, 6) is 1.25. The van der Waals surface area contributed by atoms with Gasteiger partial charge in [-0.05, 0) is 60.7 Å². The van der Waals surface area contributed by atoms with Crippen molar-refractivity contribution in [1.82, 2.24) is 9.62 Å². The smallest absolute Gasteiger partial charge is 0.254 e. The van der Waals surface area contributed by atoms with Crippen LogP contribution in [0.5, 0.6) is 17.2 Å². The first-order valence-electron chi connectivity index (χ1n) is 10.1. The molecular formula is C22H26N2O6S. The molecule has 1 heterocycles. The third-order valence-corrected chi connectivity index (χ3v) is 7.15. The maximum Gasteiger partial charge on any atom is 0.254 e. The molecule has 2 aromatic carbocycles. The van der Waals surface area contributed by atoms with Crippen molar-refractivity contribution in [1.29, 1.82) is 0 Å². The second-order valence-electron chi connectivity index (χ2n) is 7.71. The number of sulfonamides is 1. The SMILES string of the molecule is COc1cc2c(cc1OC)CN(C(=O)c1ccc(OC)c(S(=O)(=O)NC3CC3)c1)CC2. The number of benzene rings is 2. The Morgan fingerprint density at radius 1 is 0.968 bits per heavy atom. The van der Waals surface area contributed by atoms with Crippen LogP contribution in [0.3, 0.4) is 0 Å². The van der Waals surface area contributed by atoms with E-state index < -0.39 is 10.0 Å². The molecule has 0 radical (unpaired) electrons. The minimum absolute atomic E-state index is 0.0171. The van der Waals surface area contributed by atoms with Crippen LogP contribution < -0.4 is 18.9 Å². The van der Waals surface area contributed by atoms with Gasteiger partial charge in [-0.15, -0.1) is 0 Å². The van der Waals surface area contributed by atoms with Gasteiger partial charge in [0.2, 0.25) is 10.0 Å². The molecule has 0 unspecified atom stereocenters. The van der Waals surface area contributed by atoms with Crippen molar-refractivity contribution < 1.29 is 27.4 Å². The summed E-state index contributed by atoms with van der Waals surface area (Å²) < 4.78 is 44.2. The maximum absolute atomic E-state index is 13.2. The van der Waals surface area contributed by atoms with Crippen molar-refractivity contribution >= 4 is 15.9 Å². The predicted octanol–water partition coefficient (Wildman–Crippen LogP) is 2.35. The third-order valence-electron chi connectivity index (χ3n) is 5.60. The molecule has 4 rings (SSSR count). The minimum Gasteiger partial charge on any atom is -0.495 e. The summed E-state index contributed by atoms with van der Waals surface area (Å²) in [6.07, 6.45) is 2.31. The first-order valence-corrected chi connectivity index (χ1v) is 11.6. The Morgan fingerprint density at radius 2 is 1.61 bits per heavy atom. The molecule has 0 bridgehead atoms. The lowest BCUT2D eigenvalue weighted by molar-refractivity contribution is 0.0734. The van der Waals surface area contributed by atoms with Crippen molar-refractivity contribution in [3.8, 4) is 17.2 Å². The van der Waals surface area contributed by atoms with Crippen LogP contribution in [-0.4, -0.2) is 53.1 Å². The number of methoxy groups -OCH3 is 3. The van der Waals surface area contributed by atoms with E-state index in [-0.39, 0.29) is 22.6 Å². The molecule has 1 N–H and O–H groups in total. The topological polar surface area (TPSA) is 94.2 Å². The van der Waals surface area contributed by atoms with Crippen molar-refractivity contribution in [2.45, 2.75) is 36.7 Å². The van der Waals surface area contributed by atoms with Gasteiger partial charge in [0.05, 0.1) is 21.3 Å². The number of nitrogens with zero attached hydrogens (tertiary/aromatic N) is 1. The van der Waals surface area contributed by atoms with Gasteiger partial charge in [-0.1, -0.05) is 0 Å². The number of ether oxygens (including phenoxy) is 3. The number of fused-ring (bicyclic) bond motifs is 1. The zero-order valence-electron chi connectivity index (χ0n) is 17.8. The summed E-state index contributed by atoms with van der Waals surface area (Å²) in [6.45, 7) is 0.929. The Labute approximate surface area is 182 Å². The summed E-state index contributed by atoms with van der Waals surface area (Å²) >= 11 is 0. The fourth-order valence-electron chi connectivity index (χ4n) is 3.74. The van der Waals surface area contributed by atoms with Gasteiger partial charge in [0.1, 0.15) is 10.6 Å². The number of hydrogen-bond donors (Lipinski definition) is 1. The van der Waals surface area contributed by atoms with Crippen LogP contribution in [0, 0.1) is 0 Å². The first-order chi connectivity index (χ1) is 14.9. The van der Waals surface area contributed by atoms with Gasteiger partial charge >= 0.3 is 0 Å². The Bertz CT molecular complexity index is 1110. The van der Waals surface area contributed by atoms with E-state index >= 15 is 0 Å². The van der Waals surface area contributed by atoms with E-state index in [1.165, 1.54) is 19.2 Å². The highest BCUT2D eigenvalue weighted by molar-refractivity contribution is 7.89. The monoisotopic (exact) mass is 446 g/mol. The van der Waals surface area contributed by atoms with E-state index in [1.807, 2.05) is 12.1 Å². The van der Waals surface area contributed by atoms with Crippen molar-refractivity contribution in [2.24, 2.45) is 0 Å². The number of nitrogens with one attached hydrogen (secondary N) is 1. The van der Waals surface area contributed by atoms with Crippen LogP contribution in [0.15, 0.2) is 35.2 Å². The summed E-state index contributed by atoms with van der Waals surface area (Å²) in [4.78, 5) is 14.9. The number of carbonyl (C=O) groups is 1. The Morgan fingerprint density at radius 3 is 2.23 bits per heavy atom. The Hall–Kier alpha value is -2.78. The molecule has 1 amide bonds. The molecule has 9 heteroatoms. The summed E-state index contributed by atoms with van der Waals surface area (Å²) in [6, 6.07) is 8.31. The zero-order chi connectivity index (χ0) is 22.2. The molecule has 0 saturated heterocycles. The highest BCUT2D eigenvalue weighted by Crippen LogP contribution is 2.34. The summed E-state index contributed by atoms with van der Waals surface area (Å²) in [7, 11) is 0.813. The van der Waals surface area contributed by atoms with Gasteiger partial charge < -0.3 is 19.1 Å². The average molecular weight is 447 g/mol. The molecule has 1 saturated carbocycles. The van der Waals surface area contributed by atoms with Crippen LogP contribution in [0.4, 0.5) is 0 Å². The number of rotatable bonds is 7. The Balaban J connectivity index is 1.61. The first kappa shape index (κ1) is 21.5. The van der Waals surface area contributed by atoms with Crippen molar-refractivity contribution in [3.63, 3.8) is 0 Å². The number of amides is 1. The van der Waals surface area contributed by atoms with Gasteiger partial charge in [-0.2, -0.15) is 0 Å². The lowest BCUT2D eigenvalue weighted by Crippen LogP contribution is -2.36. The van der Waals surface area contributed by atoms with Crippen LogP contribution >= 0.6 is 0 Å². The van der Waals surface area contributed by atoms with E-state index in [4.69, 9.17) is 14.2 Å². The molecule has 0 aromatic heterocycles. The molecule has 1 aliphatic heterocycles. The zero-order valence-corrected chi connectivity index (χ0v) is 18.6. The van der Waals surface area contributed by atoms with Crippen LogP contribution in [-0.2, 0) is 23.0 Å². The van der Waals surface area contributed by atoms with Gasteiger partial charge in [0, 0.05) is 24.7 Å². The van der Waals surface area contributed by atoms with Crippen molar-refractivity contribution in [2.75, 3.05) is 27.9 Å². The average Bonchev–Trinajstić information content (AvgIpc) is 3.60. The van der Waals surface area contributed by atoms with Gasteiger partial charge in [0.15, 0.2) is 11.5 Å². The van der Waals surface area contributed by atoms with E-state index in [9.17, 15) is 13.2 Å². The van der Waals surface area contributed by atoms with Crippen LogP contribution in [0.25, 0.3) is 0 Å². The Kier molecular flexibility index (Phi) is 5.81. The van der Waals surface area contributed by atoms with Crippen LogP contribution in [0.1, 0.15) is 34.3 Å². The number of carbonyl (C=O) groups excluding carboxylic acids is 1. The normalized spacial score (nSPS) is 15.9. The molecule has 8 nitrogen and oxygen atoms in total. The lowest BCUT2D eigenvalue weighted by atomic mass is 9.98. The van der Waals surface area contributed by atoms with Gasteiger partial charge in [-0.3, -0.25) is 4.79 Å². The maximum atomic E-state index is 13.2. The van der Waals surface area contributed by atoms with E-state index in [1.54, 1.807) is 25.2 Å². The second kappa shape index (κ2) is 8.39. The molecule has 2 aromatic rings. The molecule has 2 aliphatic rings. The third kappa shape index (κ3) is 4.33. The molecule has 0 atom stereocenters. The van der Waals surface area contributed by atoms with Crippen LogP contribution in [0.2, 0.25) is 0 Å². The van der Waals surface area contributed by atoms with E-state index in [2.05, 4.69) is 4.72 Å². The predicted molar refractivity (Wildman–Crippen MR) is 114 cm³/mol. The number of hydrogen-bond acceptors (Lipinski definition) is 6. The fourth-order valence-corrected chi connectivity index (χ4v) is 5.24. The molecule has 166 valence electrons. The quantitative estimate of drug-likeness (QED) is 0.702. The molecule has 1 fully saturated rings. The second-order valence-corrected chi connectivity index (χ2v) is 9.40. The standard InChI is InChI=1S/C22H26N2O6S/c1-28-18-7-4-15(12-21(18)31(26,27)23-17-5-6-17)22(25)24-9-8-14-10-19(29-2)20(30-3)11-16(14)13-24/h4,7,10-12,17,23H,5-6,8-9,13H2,1-3H3. The fraction of sp³-hybridized carbons (Fsp3) is 0.409. The summed E-state index contributed by atoms with van der Waals surface area (Å²) in [5.41, 5.74) is 2.39. The minimum atomic E-state index is -3.77. The van der Waals surface area contributed by atoms with Gasteiger partial charge in [0.25, 0.3) is 5.91 Å². The lowest BCUT2D eigenvalue weighted by Gasteiger charge is -2.30. The highest BCUT2D eigenvalue weighted by Gasteiger charge is 2.31. The van der Waals surface area contributed by atoms with E-state index in [0.717, 1.165) is 24.0 Å². The highest BCUT2D eigenvalue weighted by atomic mass is 32.2.